The van der Waals surface area contributed by atoms with Crippen molar-refractivity contribution >= 4 is 22.7 Å². The van der Waals surface area contributed by atoms with E-state index in [1.165, 1.54) is 12.8 Å². The second-order valence-electron chi connectivity index (χ2n) is 8.44. The van der Waals surface area contributed by atoms with Crippen LogP contribution in [-0.2, 0) is 0 Å². The van der Waals surface area contributed by atoms with Crippen molar-refractivity contribution in [1.29, 1.82) is 0 Å². The minimum atomic E-state index is 0.427. The Balaban J connectivity index is 1.21. The highest BCUT2D eigenvalue weighted by molar-refractivity contribution is 5.90. The van der Waals surface area contributed by atoms with Crippen molar-refractivity contribution in [2.45, 2.75) is 44.2 Å². The van der Waals surface area contributed by atoms with Crippen LogP contribution in [0, 0.1) is 0 Å². The van der Waals surface area contributed by atoms with Crippen LogP contribution in [0.3, 0.4) is 0 Å². The van der Waals surface area contributed by atoms with E-state index in [1.807, 2.05) is 56.6 Å². The van der Waals surface area contributed by atoms with Crippen LogP contribution in [0.5, 0.6) is 5.75 Å². The Morgan fingerprint density at radius 2 is 1.61 bits per heavy atom. The summed E-state index contributed by atoms with van der Waals surface area (Å²) in [4.78, 5) is 11.6. The predicted molar refractivity (Wildman–Crippen MR) is 128 cm³/mol. The first kappa shape index (κ1) is 21.4. The number of para-hydroxylation sites is 2. The first-order valence-corrected chi connectivity index (χ1v) is 11.3. The van der Waals surface area contributed by atoms with Crippen LogP contribution in [0.25, 0.3) is 10.9 Å². The fourth-order valence-electron chi connectivity index (χ4n) is 4.17. The molecule has 0 radical (unpaired) electrons. The molecule has 0 aliphatic heterocycles. The van der Waals surface area contributed by atoms with Gasteiger partial charge in [0.2, 0.25) is 5.95 Å². The molecule has 1 heterocycles. The molecule has 0 saturated heterocycles. The van der Waals surface area contributed by atoms with Crippen molar-refractivity contribution < 1.29 is 4.74 Å². The van der Waals surface area contributed by atoms with Crippen LogP contribution in [-0.4, -0.2) is 49.3 Å². The molecule has 3 aromatic rings. The van der Waals surface area contributed by atoms with Crippen LogP contribution in [0.15, 0.2) is 54.6 Å². The van der Waals surface area contributed by atoms with E-state index in [4.69, 9.17) is 14.7 Å². The number of ether oxygens (including phenoxy) is 1. The minimum absolute atomic E-state index is 0.427. The lowest BCUT2D eigenvalue weighted by atomic mass is 9.91. The number of hydrogen-bond donors (Lipinski definition) is 2. The molecule has 6 heteroatoms. The van der Waals surface area contributed by atoms with Crippen LogP contribution in [0.2, 0.25) is 0 Å². The van der Waals surface area contributed by atoms with Crippen molar-refractivity contribution in [1.82, 2.24) is 15.3 Å². The van der Waals surface area contributed by atoms with Crippen LogP contribution in [0.1, 0.15) is 32.1 Å². The highest BCUT2D eigenvalue weighted by Crippen LogP contribution is 2.26. The van der Waals surface area contributed by atoms with E-state index < -0.39 is 0 Å². The normalized spacial score (nSPS) is 18.6. The van der Waals surface area contributed by atoms with Crippen molar-refractivity contribution in [3.63, 3.8) is 0 Å². The zero-order valence-electron chi connectivity index (χ0n) is 18.6. The maximum atomic E-state index is 5.77. The maximum Gasteiger partial charge on any atom is 0.225 e. The van der Waals surface area contributed by atoms with Gasteiger partial charge in [0.15, 0.2) is 0 Å². The molecule has 0 spiro atoms. The summed E-state index contributed by atoms with van der Waals surface area (Å²) in [6.07, 6.45) is 5.62. The molecular formula is C25H33N5O. The first-order valence-electron chi connectivity index (χ1n) is 11.3. The quantitative estimate of drug-likeness (QED) is 0.499. The third-order valence-electron chi connectivity index (χ3n) is 5.83. The Bertz CT molecular complexity index is 955. The van der Waals surface area contributed by atoms with Gasteiger partial charge in [0, 0.05) is 31.6 Å². The van der Waals surface area contributed by atoms with Gasteiger partial charge in [-0.15, -0.1) is 0 Å². The van der Waals surface area contributed by atoms with Crippen molar-refractivity contribution in [3.05, 3.63) is 54.6 Å². The molecule has 164 valence electrons. The SMILES string of the molecule is CN(C)c1nc(N[C@H]2CC[C@@H](NCCCOc3ccccc3)CC2)nc2ccccc12. The Morgan fingerprint density at radius 1 is 0.903 bits per heavy atom. The van der Waals surface area contributed by atoms with Crippen molar-refractivity contribution in [2.75, 3.05) is 37.5 Å². The van der Waals surface area contributed by atoms with Gasteiger partial charge < -0.3 is 20.3 Å². The molecular weight excluding hydrogens is 386 g/mol. The van der Waals surface area contributed by atoms with E-state index in [0.717, 1.165) is 60.8 Å². The second kappa shape index (κ2) is 10.4. The van der Waals surface area contributed by atoms with Gasteiger partial charge in [0.25, 0.3) is 0 Å². The molecule has 2 aromatic carbocycles. The third kappa shape index (κ3) is 5.85. The van der Waals surface area contributed by atoms with Gasteiger partial charge >= 0.3 is 0 Å². The summed E-state index contributed by atoms with van der Waals surface area (Å²) < 4.78 is 5.77. The van der Waals surface area contributed by atoms with Crippen LogP contribution >= 0.6 is 0 Å². The zero-order chi connectivity index (χ0) is 21.5. The van der Waals surface area contributed by atoms with Gasteiger partial charge in [-0.05, 0) is 62.9 Å². The predicted octanol–water partition coefficient (Wildman–Crippen LogP) is 4.48. The molecule has 1 aliphatic rings. The fourth-order valence-corrected chi connectivity index (χ4v) is 4.17. The molecule has 2 N–H and O–H groups in total. The summed E-state index contributed by atoms with van der Waals surface area (Å²) >= 11 is 0. The summed E-state index contributed by atoms with van der Waals surface area (Å²) in [6.45, 7) is 1.75. The molecule has 0 unspecified atom stereocenters. The van der Waals surface area contributed by atoms with Gasteiger partial charge in [-0.2, -0.15) is 4.98 Å². The second-order valence-corrected chi connectivity index (χ2v) is 8.44. The van der Waals surface area contributed by atoms with Gasteiger partial charge in [-0.3, -0.25) is 0 Å². The lowest BCUT2D eigenvalue weighted by Crippen LogP contribution is -2.38. The lowest BCUT2D eigenvalue weighted by molar-refractivity contribution is 0.294. The van der Waals surface area contributed by atoms with Gasteiger partial charge in [-0.25, -0.2) is 4.98 Å². The molecule has 31 heavy (non-hydrogen) atoms. The molecule has 1 fully saturated rings. The molecule has 1 aliphatic carbocycles. The van der Waals surface area contributed by atoms with Crippen LogP contribution < -0.4 is 20.3 Å². The number of fused-ring (bicyclic) bond motifs is 1. The molecule has 0 amide bonds. The van der Waals surface area contributed by atoms with Gasteiger partial charge in [0.1, 0.15) is 11.6 Å². The number of anilines is 2. The number of nitrogens with zero attached hydrogens (tertiary/aromatic N) is 3. The van der Waals surface area contributed by atoms with Crippen LogP contribution in [0.4, 0.5) is 11.8 Å². The number of hydrogen-bond acceptors (Lipinski definition) is 6. The van der Waals surface area contributed by atoms with Crippen molar-refractivity contribution in [2.24, 2.45) is 0 Å². The standard InChI is InChI=1S/C25H33N5O/c1-30(2)24-22-11-6-7-12-23(22)28-25(29-24)27-20-15-13-19(14-16-20)26-17-8-18-31-21-9-4-3-5-10-21/h3-7,9-12,19-20,26H,8,13-18H2,1-2H3,(H,27,28,29)/t19-,20+. The zero-order valence-corrected chi connectivity index (χ0v) is 18.6. The molecule has 4 rings (SSSR count). The summed E-state index contributed by atoms with van der Waals surface area (Å²) in [6, 6.07) is 19.2. The largest absolute Gasteiger partial charge is 0.494 e. The number of rotatable bonds is 9. The van der Waals surface area contributed by atoms with Gasteiger partial charge in [-0.1, -0.05) is 30.3 Å². The molecule has 1 saturated carbocycles. The average molecular weight is 420 g/mol. The molecule has 6 nitrogen and oxygen atoms in total. The van der Waals surface area contributed by atoms with E-state index in [9.17, 15) is 0 Å². The summed E-state index contributed by atoms with van der Waals surface area (Å²) in [5.74, 6) is 2.64. The third-order valence-corrected chi connectivity index (χ3v) is 5.83. The Hall–Kier alpha value is -2.86. The lowest BCUT2D eigenvalue weighted by Gasteiger charge is -2.30. The Morgan fingerprint density at radius 3 is 2.39 bits per heavy atom. The monoisotopic (exact) mass is 419 g/mol. The topological polar surface area (TPSA) is 62.3 Å². The first-order chi connectivity index (χ1) is 15.2. The maximum absolute atomic E-state index is 5.77. The minimum Gasteiger partial charge on any atom is -0.494 e. The number of benzene rings is 2. The van der Waals surface area contributed by atoms with Gasteiger partial charge in [0.05, 0.1) is 12.1 Å². The Labute approximate surface area is 185 Å². The van der Waals surface area contributed by atoms with E-state index in [-0.39, 0.29) is 0 Å². The number of nitrogens with one attached hydrogen (secondary N) is 2. The summed E-state index contributed by atoms with van der Waals surface area (Å²) in [5, 5.41) is 8.37. The average Bonchev–Trinajstić information content (AvgIpc) is 2.80. The van der Waals surface area contributed by atoms with E-state index in [2.05, 4.69) is 27.7 Å². The van der Waals surface area contributed by atoms with E-state index in [0.29, 0.717) is 12.1 Å². The summed E-state index contributed by atoms with van der Waals surface area (Å²) in [5.41, 5.74) is 0.983. The molecule has 0 bridgehead atoms. The van der Waals surface area contributed by atoms with E-state index in [1.54, 1.807) is 0 Å². The Kier molecular flexibility index (Phi) is 7.20. The fraction of sp³-hybridized carbons (Fsp3) is 0.440. The van der Waals surface area contributed by atoms with E-state index >= 15 is 0 Å². The van der Waals surface area contributed by atoms with Crippen molar-refractivity contribution in [3.8, 4) is 5.75 Å². The highest BCUT2D eigenvalue weighted by atomic mass is 16.5. The highest BCUT2D eigenvalue weighted by Gasteiger charge is 2.21. The summed E-state index contributed by atoms with van der Waals surface area (Å²) in [7, 11) is 4.06. The smallest absolute Gasteiger partial charge is 0.225 e. The molecule has 1 aromatic heterocycles. The number of aromatic nitrogens is 2. The molecule has 0 atom stereocenters.